The molecule has 0 spiro atoms. The maximum absolute atomic E-state index is 12.3. The summed E-state index contributed by atoms with van der Waals surface area (Å²) in [6, 6.07) is 7.82. The molecule has 1 aliphatic rings. The summed E-state index contributed by atoms with van der Waals surface area (Å²) in [5.41, 5.74) is 0.821. The Hall–Kier alpha value is -2.69. The van der Waals surface area contributed by atoms with Gasteiger partial charge >= 0.3 is 16.3 Å². The van der Waals surface area contributed by atoms with Gasteiger partial charge in [0.05, 0.1) is 11.3 Å². The van der Waals surface area contributed by atoms with Gasteiger partial charge in [0.1, 0.15) is 5.69 Å². The van der Waals surface area contributed by atoms with Crippen molar-refractivity contribution in [3.05, 3.63) is 47.7 Å². The Labute approximate surface area is 170 Å². The highest BCUT2D eigenvalue weighted by molar-refractivity contribution is 7.87. The fourth-order valence-electron chi connectivity index (χ4n) is 3.38. The van der Waals surface area contributed by atoms with Crippen LogP contribution in [0.1, 0.15) is 22.8 Å². The van der Waals surface area contributed by atoms with E-state index < -0.39 is 16.3 Å². The second kappa shape index (κ2) is 8.36. The molecule has 3 rings (SSSR count). The molecule has 2 aromatic rings. The van der Waals surface area contributed by atoms with Crippen LogP contribution in [0.15, 0.2) is 36.5 Å². The van der Waals surface area contributed by atoms with Gasteiger partial charge in [-0.1, -0.05) is 19.1 Å². The topological polar surface area (TPSA) is 114 Å². The number of carboxylic acids is 1. The number of carbonyl (C=O) groups is 1. The zero-order chi connectivity index (χ0) is 21.2. The minimum atomic E-state index is -4.74. The van der Waals surface area contributed by atoms with Crippen molar-refractivity contribution in [3.63, 3.8) is 0 Å². The van der Waals surface area contributed by atoms with E-state index in [1.165, 1.54) is 18.3 Å². The molecule has 156 valence electrons. The summed E-state index contributed by atoms with van der Waals surface area (Å²) in [5, 5.41) is 9.39. The maximum atomic E-state index is 12.3. The molecule has 1 aromatic heterocycles. The van der Waals surface area contributed by atoms with Crippen molar-refractivity contribution in [2.45, 2.75) is 13.8 Å². The first-order valence-corrected chi connectivity index (χ1v) is 10.7. The molecule has 0 aliphatic carbocycles. The van der Waals surface area contributed by atoms with Crippen molar-refractivity contribution >= 4 is 33.5 Å². The summed E-state index contributed by atoms with van der Waals surface area (Å²) in [5.74, 6) is -0.925. The Balaban J connectivity index is 2.15. The van der Waals surface area contributed by atoms with Gasteiger partial charge in [-0.05, 0) is 37.2 Å². The first-order chi connectivity index (χ1) is 13.7. The summed E-state index contributed by atoms with van der Waals surface area (Å²) in [6.45, 7) is 7.53. The fourth-order valence-corrected chi connectivity index (χ4v) is 4.15. The average Bonchev–Trinajstić information content (AvgIpc) is 2.67. The summed E-state index contributed by atoms with van der Waals surface area (Å²) in [4.78, 5) is 19.9. The molecule has 0 saturated carbocycles. The lowest BCUT2D eigenvalue weighted by molar-refractivity contribution is 0.0696. The Morgan fingerprint density at radius 3 is 2.45 bits per heavy atom. The van der Waals surface area contributed by atoms with E-state index in [0.29, 0.717) is 18.9 Å². The molecule has 29 heavy (non-hydrogen) atoms. The molecule has 1 saturated heterocycles. The highest BCUT2D eigenvalue weighted by Gasteiger charge is 2.30. The molecule has 0 radical (unpaired) electrons. The molecule has 10 heteroatoms. The van der Waals surface area contributed by atoms with Crippen molar-refractivity contribution in [2.75, 3.05) is 41.9 Å². The minimum absolute atomic E-state index is 0.00273. The molecule has 9 nitrogen and oxygen atoms in total. The van der Waals surface area contributed by atoms with E-state index in [0.717, 1.165) is 29.5 Å². The molecular weight excluding hydrogens is 396 g/mol. The van der Waals surface area contributed by atoms with Gasteiger partial charge in [0.2, 0.25) is 0 Å². The first-order valence-electron chi connectivity index (χ1n) is 9.25. The Morgan fingerprint density at radius 2 is 1.90 bits per heavy atom. The third-order valence-corrected chi connectivity index (χ3v) is 5.77. The summed E-state index contributed by atoms with van der Waals surface area (Å²) >= 11 is 0. The molecular formula is C19H24N4O5S. The van der Waals surface area contributed by atoms with Crippen LogP contribution in [0.25, 0.3) is 0 Å². The van der Waals surface area contributed by atoms with E-state index >= 15 is 0 Å². The number of anilines is 3. The zero-order valence-corrected chi connectivity index (χ0v) is 17.1. The number of hydrogen-bond donors (Lipinski definition) is 2. The maximum Gasteiger partial charge on any atom is 0.364 e. The monoisotopic (exact) mass is 420 g/mol. The van der Waals surface area contributed by atoms with Gasteiger partial charge in [-0.25, -0.2) is 14.1 Å². The van der Waals surface area contributed by atoms with Crippen molar-refractivity contribution in [1.29, 1.82) is 0 Å². The number of rotatable bonds is 6. The molecule has 1 aromatic carbocycles. The number of pyridine rings is 1. The Morgan fingerprint density at radius 1 is 1.21 bits per heavy atom. The van der Waals surface area contributed by atoms with Crippen LogP contribution < -0.4 is 9.21 Å². The van der Waals surface area contributed by atoms with Gasteiger partial charge in [0.25, 0.3) is 0 Å². The van der Waals surface area contributed by atoms with Crippen LogP contribution in [0.2, 0.25) is 0 Å². The third kappa shape index (κ3) is 4.66. The van der Waals surface area contributed by atoms with Crippen LogP contribution in [-0.4, -0.2) is 66.7 Å². The zero-order valence-electron chi connectivity index (χ0n) is 16.3. The summed E-state index contributed by atoms with van der Waals surface area (Å²) in [6.07, 6.45) is 1.20. The van der Waals surface area contributed by atoms with Crippen LogP contribution >= 0.6 is 0 Å². The normalized spacial score (nSPS) is 15.3. The van der Waals surface area contributed by atoms with E-state index in [-0.39, 0.29) is 16.9 Å². The number of piperazine rings is 1. The van der Waals surface area contributed by atoms with E-state index in [1.54, 1.807) is 25.1 Å². The number of hydrogen-bond acceptors (Lipinski definition) is 6. The van der Waals surface area contributed by atoms with Crippen LogP contribution in [0.5, 0.6) is 0 Å². The third-order valence-electron chi connectivity index (χ3n) is 4.90. The van der Waals surface area contributed by atoms with E-state index in [1.807, 2.05) is 4.90 Å². The number of aromatic carboxylic acids is 1. The highest BCUT2D eigenvalue weighted by Crippen LogP contribution is 2.36. The van der Waals surface area contributed by atoms with Crippen molar-refractivity contribution in [2.24, 2.45) is 0 Å². The molecule has 0 amide bonds. The second-order valence-corrected chi connectivity index (χ2v) is 8.14. The quantitative estimate of drug-likeness (QED) is 0.684. The lowest BCUT2D eigenvalue weighted by Crippen LogP contribution is -2.47. The second-order valence-electron chi connectivity index (χ2n) is 6.87. The average molecular weight is 420 g/mol. The van der Waals surface area contributed by atoms with Crippen LogP contribution in [0, 0.1) is 6.92 Å². The SMILES string of the molecule is CCN1CCN(c2ncc(C(=O)O)cc2N(c2cccc(C)c2)S(=O)(=O)O)CC1. The molecule has 0 atom stereocenters. The predicted octanol–water partition coefficient (Wildman–Crippen LogP) is 2.17. The molecule has 1 fully saturated rings. The van der Waals surface area contributed by atoms with Gasteiger partial charge in [-0.15, -0.1) is 0 Å². The van der Waals surface area contributed by atoms with E-state index in [2.05, 4.69) is 16.8 Å². The molecule has 0 unspecified atom stereocenters. The number of nitrogens with zero attached hydrogens (tertiary/aromatic N) is 4. The Kier molecular flexibility index (Phi) is 6.06. The van der Waals surface area contributed by atoms with Gasteiger partial charge in [-0.2, -0.15) is 8.42 Å². The summed E-state index contributed by atoms with van der Waals surface area (Å²) in [7, 11) is -4.74. The van der Waals surface area contributed by atoms with Crippen LogP contribution in [0.3, 0.4) is 0 Å². The predicted molar refractivity (Wildman–Crippen MR) is 110 cm³/mol. The van der Waals surface area contributed by atoms with Crippen LogP contribution in [0.4, 0.5) is 17.2 Å². The van der Waals surface area contributed by atoms with Gasteiger partial charge in [0.15, 0.2) is 5.82 Å². The summed E-state index contributed by atoms with van der Waals surface area (Å²) < 4.78 is 35.4. The van der Waals surface area contributed by atoms with Gasteiger partial charge in [0, 0.05) is 32.4 Å². The number of likely N-dealkylation sites (N-methyl/N-ethyl adjacent to an activating group) is 1. The lowest BCUT2D eigenvalue weighted by Gasteiger charge is -2.36. The molecule has 2 heterocycles. The van der Waals surface area contributed by atoms with Crippen molar-refractivity contribution < 1.29 is 22.9 Å². The molecule has 2 N–H and O–H groups in total. The van der Waals surface area contributed by atoms with Crippen molar-refractivity contribution in [3.8, 4) is 0 Å². The smallest absolute Gasteiger partial charge is 0.364 e. The Bertz CT molecular complexity index is 1000. The fraction of sp³-hybridized carbons (Fsp3) is 0.368. The number of aromatic nitrogens is 1. The van der Waals surface area contributed by atoms with Crippen LogP contribution in [-0.2, 0) is 10.3 Å². The van der Waals surface area contributed by atoms with Gasteiger partial charge < -0.3 is 14.9 Å². The largest absolute Gasteiger partial charge is 0.478 e. The van der Waals surface area contributed by atoms with E-state index in [9.17, 15) is 22.9 Å². The van der Waals surface area contributed by atoms with Crippen molar-refractivity contribution in [1.82, 2.24) is 9.88 Å². The first kappa shape index (κ1) is 21.0. The highest BCUT2D eigenvalue weighted by atomic mass is 32.2. The number of carboxylic acid groups (broad SMARTS) is 1. The number of aryl methyl sites for hydroxylation is 1. The molecule has 0 bridgehead atoms. The van der Waals surface area contributed by atoms with Gasteiger partial charge in [-0.3, -0.25) is 4.55 Å². The molecule has 1 aliphatic heterocycles. The minimum Gasteiger partial charge on any atom is -0.478 e. The van der Waals surface area contributed by atoms with E-state index in [4.69, 9.17) is 0 Å². The lowest BCUT2D eigenvalue weighted by atomic mass is 10.2. The number of benzene rings is 1. The standard InChI is InChI=1S/C19H24N4O5S/c1-3-21-7-9-22(10-8-21)18-17(12-15(13-20-18)19(24)25)23(29(26,27)28)16-6-4-5-14(2)11-16/h4-6,11-13H,3,7-10H2,1-2H3,(H,24,25)(H,26,27,28).